The first-order chi connectivity index (χ1) is 9.19. The van der Waals surface area contributed by atoms with E-state index in [1.165, 1.54) is 0 Å². The number of benzene rings is 1. The zero-order chi connectivity index (χ0) is 13.7. The summed E-state index contributed by atoms with van der Waals surface area (Å²) < 4.78 is 0. The van der Waals surface area contributed by atoms with Gasteiger partial charge in [0, 0.05) is 38.3 Å². The molecule has 0 unspecified atom stereocenters. The van der Waals surface area contributed by atoms with Gasteiger partial charge in [-0.2, -0.15) is 0 Å². The maximum absolute atomic E-state index is 12.0. The molecule has 1 aliphatic heterocycles. The van der Waals surface area contributed by atoms with Crippen LogP contribution in [0, 0.1) is 0 Å². The summed E-state index contributed by atoms with van der Waals surface area (Å²) in [5.41, 5.74) is 7.51. The summed E-state index contributed by atoms with van der Waals surface area (Å²) in [7, 11) is 0. The quantitative estimate of drug-likeness (QED) is 0.634. The summed E-state index contributed by atoms with van der Waals surface area (Å²) in [5.74, 6) is 0.146. The van der Waals surface area contributed by atoms with Crippen LogP contribution >= 0.6 is 0 Å². The summed E-state index contributed by atoms with van der Waals surface area (Å²) in [5, 5.41) is 0. The van der Waals surface area contributed by atoms with Crippen LogP contribution in [0.15, 0.2) is 24.3 Å². The Morgan fingerprint density at radius 2 is 2.00 bits per heavy atom. The molecule has 0 aliphatic carbocycles. The summed E-state index contributed by atoms with van der Waals surface area (Å²) >= 11 is 0. The van der Waals surface area contributed by atoms with Gasteiger partial charge in [-0.05, 0) is 24.1 Å². The number of piperazine rings is 1. The van der Waals surface area contributed by atoms with Crippen LogP contribution in [0.4, 0.5) is 5.69 Å². The summed E-state index contributed by atoms with van der Waals surface area (Å²) in [6.07, 6.45) is 2.04. The molecule has 5 heteroatoms. The first kappa shape index (κ1) is 13.4. The van der Waals surface area contributed by atoms with Gasteiger partial charge in [0.15, 0.2) is 0 Å². The van der Waals surface area contributed by atoms with Crippen molar-refractivity contribution in [3.8, 4) is 0 Å². The molecule has 2 N–H and O–H groups in total. The highest BCUT2D eigenvalue weighted by Gasteiger charge is 2.19. The van der Waals surface area contributed by atoms with Crippen molar-refractivity contribution in [1.29, 1.82) is 0 Å². The zero-order valence-electron chi connectivity index (χ0n) is 10.9. The summed E-state index contributed by atoms with van der Waals surface area (Å²) in [6.45, 7) is 2.53. The van der Waals surface area contributed by atoms with E-state index in [1.54, 1.807) is 4.90 Å². The highest BCUT2D eigenvalue weighted by atomic mass is 16.2. The molecule has 19 heavy (non-hydrogen) atoms. The van der Waals surface area contributed by atoms with E-state index in [0.29, 0.717) is 39.0 Å². The van der Waals surface area contributed by atoms with Crippen LogP contribution in [-0.2, 0) is 16.0 Å². The fourth-order valence-corrected chi connectivity index (χ4v) is 2.23. The van der Waals surface area contributed by atoms with Crippen molar-refractivity contribution < 1.29 is 9.59 Å². The van der Waals surface area contributed by atoms with Crippen LogP contribution < -0.4 is 5.73 Å². The van der Waals surface area contributed by atoms with Crippen molar-refractivity contribution in [2.24, 2.45) is 0 Å². The monoisotopic (exact) mass is 261 g/mol. The number of amides is 2. The van der Waals surface area contributed by atoms with Gasteiger partial charge < -0.3 is 15.5 Å². The Kier molecular flexibility index (Phi) is 4.39. The number of anilines is 1. The highest BCUT2D eigenvalue weighted by molar-refractivity contribution is 5.76. The predicted octanol–water partition coefficient (Wildman–Crippen LogP) is 0.502. The van der Waals surface area contributed by atoms with E-state index in [0.717, 1.165) is 17.7 Å². The number of nitrogens with zero attached hydrogens (tertiary/aromatic N) is 2. The van der Waals surface area contributed by atoms with E-state index in [1.807, 2.05) is 29.2 Å². The molecule has 1 aliphatic rings. The molecule has 1 aromatic carbocycles. The number of rotatable bonds is 4. The number of nitrogens with two attached hydrogens (primary N) is 1. The van der Waals surface area contributed by atoms with E-state index in [-0.39, 0.29) is 5.91 Å². The Morgan fingerprint density at radius 3 is 2.63 bits per heavy atom. The minimum atomic E-state index is 0.146. The van der Waals surface area contributed by atoms with Crippen molar-refractivity contribution in [3.05, 3.63) is 29.8 Å². The van der Waals surface area contributed by atoms with E-state index in [2.05, 4.69) is 0 Å². The average Bonchev–Trinajstić information content (AvgIpc) is 2.45. The number of aryl methyl sites for hydroxylation is 1. The number of hydrogen-bond acceptors (Lipinski definition) is 3. The van der Waals surface area contributed by atoms with Gasteiger partial charge in [-0.1, -0.05) is 12.1 Å². The Morgan fingerprint density at radius 1 is 1.26 bits per heavy atom. The highest BCUT2D eigenvalue weighted by Crippen LogP contribution is 2.10. The van der Waals surface area contributed by atoms with Crippen molar-refractivity contribution in [3.63, 3.8) is 0 Å². The van der Waals surface area contributed by atoms with Crippen LogP contribution in [0.2, 0.25) is 0 Å². The van der Waals surface area contributed by atoms with Crippen molar-refractivity contribution >= 4 is 18.0 Å². The minimum absolute atomic E-state index is 0.146. The van der Waals surface area contributed by atoms with E-state index in [9.17, 15) is 9.59 Å². The molecule has 5 nitrogen and oxygen atoms in total. The molecule has 0 aromatic heterocycles. The first-order valence-corrected chi connectivity index (χ1v) is 6.50. The molecule has 0 saturated carbocycles. The van der Waals surface area contributed by atoms with E-state index >= 15 is 0 Å². The second-order valence-electron chi connectivity index (χ2n) is 4.77. The van der Waals surface area contributed by atoms with Crippen LogP contribution in [0.1, 0.15) is 12.0 Å². The molecule has 0 radical (unpaired) electrons. The molecular formula is C14H19N3O2. The Balaban J connectivity index is 1.80. The maximum Gasteiger partial charge on any atom is 0.223 e. The van der Waals surface area contributed by atoms with Crippen LogP contribution in [0.3, 0.4) is 0 Å². The van der Waals surface area contributed by atoms with Crippen molar-refractivity contribution in [2.75, 3.05) is 31.9 Å². The van der Waals surface area contributed by atoms with Gasteiger partial charge in [0.1, 0.15) is 0 Å². The van der Waals surface area contributed by atoms with Crippen LogP contribution in [-0.4, -0.2) is 48.3 Å². The number of hydrogen-bond donors (Lipinski definition) is 1. The average molecular weight is 261 g/mol. The van der Waals surface area contributed by atoms with Gasteiger partial charge in [0.05, 0.1) is 0 Å². The second-order valence-corrected chi connectivity index (χ2v) is 4.77. The third-order valence-electron chi connectivity index (χ3n) is 3.39. The largest absolute Gasteiger partial charge is 0.399 e. The number of nitrogen functional groups attached to an aromatic ring is 1. The Labute approximate surface area is 113 Å². The van der Waals surface area contributed by atoms with Gasteiger partial charge in [0.2, 0.25) is 12.3 Å². The third-order valence-corrected chi connectivity index (χ3v) is 3.39. The molecule has 0 atom stereocenters. The number of carbonyl (C=O) groups is 2. The van der Waals surface area contributed by atoms with E-state index < -0.39 is 0 Å². The minimum Gasteiger partial charge on any atom is -0.399 e. The standard InChI is InChI=1S/C14H19N3O2/c15-13-3-1-2-12(10-13)4-5-14(19)17-8-6-16(11-18)7-9-17/h1-3,10-11H,4-9,15H2. The van der Waals surface area contributed by atoms with Crippen molar-refractivity contribution in [2.45, 2.75) is 12.8 Å². The zero-order valence-corrected chi connectivity index (χ0v) is 10.9. The third kappa shape index (κ3) is 3.71. The van der Waals surface area contributed by atoms with Crippen LogP contribution in [0.25, 0.3) is 0 Å². The smallest absolute Gasteiger partial charge is 0.223 e. The molecule has 1 heterocycles. The summed E-state index contributed by atoms with van der Waals surface area (Å²) in [4.78, 5) is 26.2. The van der Waals surface area contributed by atoms with Gasteiger partial charge in [-0.25, -0.2) is 0 Å². The number of carbonyl (C=O) groups excluding carboxylic acids is 2. The molecular weight excluding hydrogens is 242 g/mol. The fourth-order valence-electron chi connectivity index (χ4n) is 2.23. The second kappa shape index (κ2) is 6.22. The molecule has 102 valence electrons. The molecule has 1 fully saturated rings. The maximum atomic E-state index is 12.0. The van der Waals surface area contributed by atoms with Gasteiger partial charge >= 0.3 is 0 Å². The fraction of sp³-hybridized carbons (Fsp3) is 0.429. The topological polar surface area (TPSA) is 66.6 Å². The van der Waals surface area contributed by atoms with Gasteiger partial charge in [-0.15, -0.1) is 0 Å². The SMILES string of the molecule is Nc1cccc(CCC(=O)N2CCN(C=O)CC2)c1. The molecule has 0 bridgehead atoms. The van der Waals surface area contributed by atoms with Crippen molar-refractivity contribution in [1.82, 2.24) is 9.80 Å². The molecule has 0 spiro atoms. The molecule has 1 aromatic rings. The Hall–Kier alpha value is -2.04. The normalized spacial score (nSPS) is 15.4. The lowest BCUT2D eigenvalue weighted by molar-refractivity contribution is -0.135. The van der Waals surface area contributed by atoms with Gasteiger partial charge in [0.25, 0.3) is 0 Å². The lowest BCUT2D eigenvalue weighted by Crippen LogP contribution is -2.48. The first-order valence-electron chi connectivity index (χ1n) is 6.50. The Bertz CT molecular complexity index is 454. The predicted molar refractivity (Wildman–Crippen MR) is 73.4 cm³/mol. The lowest BCUT2D eigenvalue weighted by Gasteiger charge is -2.32. The summed E-state index contributed by atoms with van der Waals surface area (Å²) in [6, 6.07) is 7.62. The van der Waals surface area contributed by atoms with Crippen LogP contribution in [0.5, 0.6) is 0 Å². The van der Waals surface area contributed by atoms with Gasteiger partial charge in [-0.3, -0.25) is 9.59 Å². The molecule has 2 amide bonds. The molecule has 1 saturated heterocycles. The lowest BCUT2D eigenvalue weighted by atomic mass is 10.1. The van der Waals surface area contributed by atoms with E-state index in [4.69, 9.17) is 5.73 Å². The molecule has 2 rings (SSSR count).